The first-order valence-electron chi connectivity index (χ1n) is 14.3. The summed E-state index contributed by atoms with van der Waals surface area (Å²) >= 11 is 6.11. The lowest BCUT2D eigenvalue weighted by Crippen LogP contribution is -2.46. The molecule has 2 saturated heterocycles. The molecular formula is C34H34ClN3O4. The zero-order valence-corrected chi connectivity index (χ0v) is 24.2. The molecule has 0 saturated carbocycles. The summed E-state index contributed by atoms with van der Waals surface area (Å²) < 4.78 is 11.7. The largest absolute Gasteiger partial charge is 0.478 e. The number of benzene rings is 4. The molecule has 0 aromatic heterocycles. The number of carbonyl (C=O) groups is 1. The van der Waals surface area contributed by atoms with Gasteiger partial charge in [0.25, 0.3) is 0 Å². The van der Waals surface area contributed by atoms with Gasteiger partial charge in [-0.05, 0) is 53.1 Å². The van der Waals surface area contributed by atoms with Gasteiger partial charge in [0.05, 0.1) is 13.2 Å². The van der Waals surface area contributed by atoms with Crippen LogP contribution in [0.5, 0.6) is 11.5 Å². The highest BCUT2D eigenvalue weighted by atomic mass is 35.5. The number of aromatic carboxylic acids is 1. The van der Waals surface area contributed by atoms with Crippen LogP contribution in [-0.4, -0.2) is 68.5 Å². The molecule has 8 heteroatoms. The maximum absolute atomic E-state index is 12.0. The van der Waals surface area contributed by atoms with Gasteiger partial charge in [-0.15, -0.1) is 0 Å². The number of morpholine rings is 1. The third-order valence-corrected chi connectivity index (χ3v) is 8.17. The number of carboxylic acid groups (broad SMARTS) is 1. The minimum absolute atomic E-state index is 0.146. The van der Waals surface area contributed by atoms with E-state index >= 15 is 0 Å². The third-order valence-electron chi connectivity index (χ3n) is 7.92. The Morgan fingerprint density at radius 2 is 1.50 bits per heavy atom. The molecule has 0 spiro atoms. The van der Waals surface area contributed by atoms with Gasteiger partial charge in [-0.3, -0.25) is 4.90 Å². The number of anilines is 2. The Balaban J connectivity index is 1.14. The Morgan fingerprint density at radius 3 is 2.26 bits per heavy atom. The molecule has 0 amide bonds. The molecule has 2 heterocycles. The summed E-state index contributed by atoms with van der Waals surface area (Å²) in [6, 6.07) is 29.7. The molecule has 0 radical (unpaired) electrons. The highest BCUT2D eigenvalue weighted by molar-refractivity contribution is 6.30. The van der Waals surface area contributed by atoms with E-state index in [0.717, 1.165) is 67.8 Å². The lowest BCUT2D eigenvalue weighted by Gasteiger charge is -2.36. The maximum Gasteiger partial charge on any atom is 0.339 e. The van der Waals surface area contributed by atoms with Crippen molar-refractivity contribution in [2.45, 2.75) is 6.54 Å². The Morgan fingerprint density at radius 1 is 0.786 bits per heavy atom. The monoisotopic (exact) mass is 583 g/mol. The molecule has 4 aromatic carbocycles. The third kappa shape index (κ3) is 6.54. The number of rotatable bonds is 8. The van der Waals surface area contributed by atoms with E-state index in [1.807, 2.05) is 48.5 Å². The summed E-state index contributed by atoms with van der Waals surface area (Å²) in [6.07, 6.45) is 0. The lowest BCUT2D eigenvalue weighted by molar-refractivity contribution is 0.0694. The Labute approximate surface area is 251 Å². The van der Waals surface area contributed by atoms with Crippen LogP contribution < -0.4 is 14.5 Å². The molecule has 0 atom stereocenters. The van der Waals surface area contributed by atoms with Crippen LogP contribution in [0.3, 0.4) is 0 Å². The Kier molecular flexibility index (Phi) is 8.60. The van der Waals surface area contributed by atoms with Crippen LogP contribution in [0.1, 0.15) is 15.9 Å². The van der Waals surface area contributed by atoms with E-state index in [-0.39, 0.29) is 5.56 Å². The van der Waals surface area contributed by atoms with E-state index in [0.29, 0.717) is 24.7 Å². The molecule has 2 fully saturated rings. The van der Waals surface area contributed by atoms with Gasteiger partial charge in [0.15, 0.2) is 0 Å². The van der Waals surface area contributed by atoms with Crippen molar-refractivity contribution in [2.24, 2.45) is 0 Å². The second-order valence-electron chi connectivity index (χ2n) is 10.6. The first-order chi connectivity index (χ1) is 20.5. The predicted octanol–water partition coefficient (Wildman–Crippen LogP) is 6.66. The molecule has 1 N–H and O–H groups in total. The molecule has 0 unspecified atom stereocenters. The molecule has 0 aliphatic carbocycles. The van der Waals surface area contributed by atoms with E-state index in [1.54, 1.807) is 6.07 Å². The van der Waals surface area contributed by atoms with Crippen molar-refractivity contribution in [1.82, 2.24) is 4.90 Å². The van der Waals surface area contributed by atoms with Crippen molar-refractivity contribution < 1.29 is 19.4 Å². The van der Waals surface area contributed by atoms with Gasteiger partial charge in [-0.2, -0.15) is 0 Å². The van der Waals surface area contributed by atoms with Crippen molar-refractivity contribution >= 4 is 28.9 Å². The number of hydrogen-bond donors (Lipinski definition) is 1. The van der Waals surface area contributed by atoms with Gasteiger partial charge in [0, 0.05) is 74.3 Å². The molecule has 2 aliphatic rings. The van der Waals surface area contributed by atoms with Crippen LogP contribution >= 0.6 is 11.6 Å². The van der Waals surface area contributed by atoms with E-state index in [9.17, 15) is 9.90 Å². The summed E-state index contributed by atoms with van der Waals surface area (Å²) in [5.41, 5.74) is 5.82. The number of halogens is 1. The molecule has 0 bridgehead atoms. The molecule has 216 valence electrons. The number of nitrogens with zero attached hydrogens (tertiary/aromatic N) is 3. The minimum Gasteiger partial charge on any atom is -0.478 e. The van der Waals surface area contributed by atoms with Crippen LogP contribution in [0.15, 0.2) is 91.0 Å². The summed E-state index contributed by atoms with van der Waals surface area (Å²) in [5, 5.41) is 10.6. The maximum atomic E-state index is 12.0. The van der Waals surface area contributed by atoms with E-state index in [2.05, 4.69) is 51.1 Å². The van der Waals surface area contributed by atoms with Crippen LogP contribution in [0.4, 0.5) is 11.4 Å². The van der Waals surface area contributed by atoms with Crippen LogP contribution in [0, 0.1) is 0 Å². The molecule has 7 nitrogen and oxygen atoms in total. The van der Waals surface area contributed by atoms with Gasteiger partial charge in [-0.25, -0.2) is 4.79 Å². The number of ether oxygens (including phenoxy) is 2. The summed E-state index contributed by atoms with van der Waals surface area (Å²) in [4.78, 5) is 19.1. The number of carboxylic acids is 1. The van der Waals surface area contributed by atoms with E-state index in [4.69, 9.17) is 21.1 Å². The normalized spacial score (nSPS) is 15.9. The fourth-order valence-corrected chi connectivity index (χ4v) is 5.76. The van der Waals surface area contributed by atoms with E-state index < -0.39 is 5.97 Å². The van der Waals surface area contributed by atoms with Gasteiger partial charge < -0.3 is 24.4 Å². The first-order valence-corrected chi connectivity index (χ1v) is 14.7. The fraction of sp³-hybridized carbons (Fsp3) is 0.265. The Hall–Kier alpha value is -4.04. The SMILES string of the molecule is O=C(O)c1ccc(N2CCN(Cc3ccccc3-c3ccc(Cl)cc3)CC2)cc1Oc1cccc(N2CCOCC2)c1. The highest BCUT2D eigenvalue weighted by Gasteiger charge is 2.21. The quantitative estimate of drug-likeness (QED) is 0.249. The van der Waals surface area contributed by atoms with Gasteiger partial charge in [-0.1, -0.05) is 54.1 Å². The predicted molar refractivity (Wildman–Crippen MR) is 167 cm³/mol. The minimum atomic E-state index is -1.01. The smallest absolute Gasteiger partial charge is 0.339 e. The molecule has 42 heavy (non-hydrogen) atoms. The topological polar surface area (TPSA) is 65.5 Å². The second kappa shape index (κ2) is 12.9. The van der Waals surface area contributed by atoms with Crippen LogP contribution in [0.2, 0.25) is 5.02 Å². The first kappa shape index (κ1) is 28.1. The number of piperazine rings is 1. The molecule has 2 aliphatic heterocycles. The lowest BCUT2D eigenvalue weighted by atomic mass is 9.99. The second-order valence-corrected chi connectivity index (χ2v) is 11.0. The van der Waals surface area contributed by atoms with Crippen LogP contribution in [-0.2, 0) is 11.3 Å². The summed E-state index contributed by atoms with van der Waals surface area (Å²) in [7, 11) is 0. The van der Waals surface area contributed by atoms with Crippen molar-refractivity contribution in [3.8, 4) is 22.6 Å². The number of hydrogen-bond acceptors (Lipinski definition) is 6. The standard InChI is InChI=1S/C34H34ClN3O4/c35-27-10-8-25(9-11-27)31-7-2-1-4-26(31)24-36-14-16-37(17-15-36)29-12-13-32(34(39)40)33(23-29)42-30-6-3-5-28(22-30)38-18-20-41-21-19-38/h1-13,22-23H,14-21,24H2,(H,39,40). The summed E-state index contributed by atoms with van der Waals surface area (Å²) in [6.45, 7) is 7.34. The molecule has 4 aromatic rings. The molecule has 6 rings (SSSR count). The highest BCUT2D eigenvalue weighted by Crippen LogP contribution is 2.33. The Bertz CT molecular complexity index is 1530. The van der Waals surface area contributed by atoms with Gasteiger partial charge in [0.1, 0.15) is 17.1 Å². The van der Waals surface area contributed by atoms with Gasteiger partial charge >= 0.3 is 5.97 Å². The summed E-state index contributed by atoms with van der Waals surface area (Å²) in [5.74, 6) is -0.0497. The zero-order chi connectivity index (χ0) is 28.9. The van der Waals surface area contributed by atoms with Gasteiger partial charge in [0.2, 0.25) is 0 Å². The average molecular weight is 584 g/mol. The van der Waals surface area contributed by atoms with Crippen molar-refractivity contribution in [2.75, 3.05) is 62.3 Å². The zero-order valence-electron chi connectivity index (χ0n) is 23.4. The average Bonchev–Trinajstić information content (AvgIpc) is 3.03. The molecular weight excluding hydrogens is 550 g/mol. The van der Waals surface area contributed by atoms with E-state index in [1.165, 1.54) is 11.1 Å². The fourth-order valence-electron chi connectivity index (χ4n) is 5.64. The van der Waals surface area contributed by atoms with Crippen molar-refractivity contribution in [3.05, 3.63) is 107 Å². The van der Waals surface area contributed by atoms with Crippen LogP contribution in [0.25, 0.3) is 11.1 Å². The van der Waals surface area contributed by atoms with Crippen molar-refractivity contribution in [3.63, 3.8) is 0 Å². The van der Waals surface area contributed by atoms with Crippen molar-refractivity contribution in [1.29, 1.82) is 0 Å².